The average molecular weight is 525 g/mol. The molecule has 2 fully saturated rings. The Balaban J connectivity index is 1.21. The molecule has 37 heavy (non-hydrogen) atoms. The third-order valence-electron chi connectivity index (χ3n) is 7.25. The third kappa shape index (κ3) is 5.10. The van der Waals surface area contributed by atoms with Crippen molar-refractivity contribution in [3.05, 3.63) is 66.1 Å². The van der Waals surface area contributed by atoms with Crippen molar-refractivity contribution in [2.24, 2.45) is 0 Å². The van der Waals surface area contributed by atoms with Crippen molar-refractivity contribution in [1.82, 2.24) is 19.3 Å². The van der Waals surface area contributed by atoms with Gasteiger partial charge in [0.15, 0.2) is 17.4 Å². The molecule has 1 aromatic carbocycles. The van der Waals surface area contributed by atoms with Crippen LogP contribution in [0.25, 0.3) is 22.0 Å². The summed E-state index contributed by atoms with van der Waals surface area (Å²) < 4.78 is 35.9. The quantitative estimate of drug-likeness (QED) is 0.273. The number of aromatic nitrogens is 4. The monoisotopic (exact) mass is 524 g/mol. The second-order valence-corrected chi connectivity index (χ2v) is 10.7. The van der Waals surface area contributed by atoms with Crippen LogP contribution >= 0.6 is 11.6 Å². The van der Waals surface area contributed by atoms with Crippen LogP contribution in [0.15, 0.2) is 55.1 Å². The molecule has 0 bridgehead atoms. The minimum atomic E-state index is -0.557. The van der Waals surface area contributed by atoms with E-state index >= 15 is 0 Å². The highest BCUT2D eigenvalue weighted by atomic mass is 35.5. The summed E-state index contributed by atoms with van der Waals surface area (Å²) in [5.74, 6) is -0.546. The van der Waals surface area contributed by atoms with Gasteiger partial charge in [0.05, 0.1) is 31.0 Å². The summed E-state index contributed by atoms with van der Waals surface area (Å²) in [4.78, 5) is 4.36. The molecule has 3 aromatic heterocycles. The van der Waals surface area contributed by atoms with Crippen LogP contribution in [-0.4, -0.2) is 43.9 Å². The number of halogens is 2. The topological polar surface area (TPSA) is 63.3 Å². The molecule has 4 heterocycles. The van der Waals surface area contributed by atoms with Crippen molar-refractivity contribution in [2.75, 3.05) is 6.61 Å². The Bertz CT molecular complexity index is 1410. The first-order chi connectivity index (χ1) is 17.8. The van der Waals surface area contributed by atoms with Gasteiger partial charge in [-0.2, -0.15) is 5.10 Å². The van der Waals surface area contributed by atoms with Crippen LogP contribution in [0.3, 0.4) is 0 Å². The fourth-order valence-corrected chi connectivity index (χ4v) is 5.63. The molecule has 1 unspecified atom stereocenters. The van der Waals surface area contributed by atoms with Gasteiger partial charge in [-0.1, -0.05) is 23.7 Å². The second kappa shape index (κ2) is 9.74. The predicted molar refractivity (Wildman–Crippen MR) is 139 cm³/mol. The maximum Gasteiger partial charge on any atom is 0.165 e. The molecule has 1 aliphatic heterocycles. The molecule has 9 heteroatoms. The molecule has 4 aromatic rings. The lowest BCUT2D eigenvalue weighted by Crippen LogP contribution is -2.25. The fourth-order valence-electron chi connectivity index (χ4n) is 5.48. The highest BCUT2D eigenvalue weighted by molar-refractivity contribution is 6.30. The zero-order chi connectivity index (χ0) is 25.6. The van der Waals surface area contributed by atoms with Crippen LogP contribution in [0.4, 0.5) is 4.39 Å². The van der Waals surface area contributed by atoms with E-state index in [-0.39, 0.29) is 24.1 Å². The first-order valence-corrected chi connectivity index (χ1v) is 13.1. The normalized spacial score (nSPS) is 23.5. The maximum absolute atomic E-state index is 14.0. The Hall–Kier alpha value is -2.94. The van der Waals surface area contributed by atoms with Crippen molar-refractivity contribution in [2.45, 2.75) is 70.1 Å². The molecular weight excluding hydrogens is 495 g/mol. The summed E-state index contributed by atoms with van der Waals surface area (Å²) in [5.41, 5.74) is 3.14. The number of hydrogen-bond donors (Lipinski definition) is 0. The van der Waals surface area contributed by atoms with Gasteiger partial charge in [0.25, 0.3) is 0 Å². The van der Waals surface area contributed by atoms with Crippen molar-refractivity contribution in [3.8, 4) is 16.9 Å². The van der Waals surface area contributed by atoms with Gasteiger partial charge >= 0.3 is 0 Å². The largest absolute Gasteiger partial charge is 0.487 e. The van der Waals surface area contributed by atoms with Gasteiger partial charge in [0, 0.05) is 41.1 Å². The number of para-hydroxylation sites is 1. The SMILES string of the molecule is CC1(C)OCC(Cn2cc(-c3cn(C4CCC(Oc5ccccc5F)CC4)c4cc(Cl)ncc34)cn2)O1. The predicted octanol–water partition coefficient (Wildman–Crippen LogP) is 6.41. The number of benzene rings is 1. The van der Waals surface area contributed by atoms with E-state index in [1.54, 1.807) is 18.2 Å². The van der Waals surface area contributed by atoms with E-state index in [4.69, 9.17) is 25.8 Å². The lowest BCUT2D eigenvalue weighted by Gasteiger charge is -2.30. The van der Waals surface area contributed by atoms with E-state index in [0.717, 1.165) is 47.7 Å². The molecular formula is C28H30ClFN4O3. The molecule has 0 amide bonds. The van der Waals surface area contributed by atoms with Gasteiger partial charge in [-0.3, -0.25) is 4.68 Å². The molecule has 7 nitrogen and oxygen atoms in total. The highest BCUT2D eigenvalue weighted by Gasteiger charge is 2.33. The van der Waals surface area contributed by atoms with Crippen LogP contribution in [0.2, 0.25) is 5.15 Å². The van der Waals surface area contributed by atoms with Crippen LogP contribution in [0, 0.1) is 5.82 Å². The first-order valence-electron chi connectivity index (χ1n) is 12.8. The zero-order valence-electron chi connectivity index (χ0n) is 20.9. The van der Waals surface area contributed by atoms with E-state index in [2.05, 4.69) is 20.8 Å². The second-order valence-electron chi connectivity index (χ2n) is 10.4. The van der Waals surface area contributed by atoms with Crippen LogP contribution in [-0.2, 0) is 16.0 Å². The fraction of sp³-hybridized carbons (Fsp3) is 0.429. The van der Waals surface area contributed by atoms with Crippen molar-refractivity contribution in [3.63, 3.8) is 0 Å². The lowest BCUT2D eigenvalue weighted by molar-refractivity contribution is -0.139. The van der Waals surface area contributed by atoms with Gasteiger partial charge in [-0.15, -0.1) is 0 Å². The van der Waals surface area contributed by atoms with Crippen molar-refractivity contribution in [1.29, 1.82) is 0 Å². The molecule has 194 valence electrons. The summed E-state index contributed by atoms with van der Waals surface area (Å²) in [6.45, 7) is 5.02. The van der Waals surface area contributed by atoms with Crippen LogP contribution < -0.4 is 4.74 Å². The van der Waals surface area contributed by atoms with Crippen molar-refractivity contribution < 1.29 is 18.6 Å². The first kappa shape index (κ1) is 24.4. The third-order valence-corrected chi connectivity index (χ3v) is 7.46. The molecule has 0 radical (unpaired) electrons. The molecule has 1 saturated carbocycles. The van der Waals surface area contributed by atoms with Gasteiger partial charge in [-0.05, 0) is 57.7 Å². The average Bonchev–Trinajstić information content (AvgIpc) is 3.58. The van der Waals surface area contributed by atoms with E-state index in [9.17, 15) is 4.39 Å². The van der Waals surface area contributed by atoms with Crippen LogP contribution in [0.5, 0.6) is 5.75 Å². The molecule has 0 spiro atoms. The van der Waals surface area contributed by atoms with Crippen molar-refractivity contribution >= 4 is 22.5 Å². The van der Waals surface area contributed by atoms with E-state index in [0.29, 0.717) is 24.1 Å². The molecule has 1 atom stereocenters. The van der Waals surface area contributed by atoms with Gasteiger partial charge in [-0.25, -0.2) is 9.37 Å². The Morgan fingerprint density at radius 2 is 1.95 bits per heavy atom. The Morgan fingerprint density at radius 1 is 1.14 bits per heavy atom. The number of nitrogens with zero attached hydrogens (tertiary/aromatic N) is 4. The number of ether oxygens (including phenoxy) is 3. The summed E-state index contributed by atoms with van der Waals surface area (Å²) in [6, 6.07) is 8.82. The molecule has 0 N–H and O–H groups in total. The van der Waals surface area contributed by atoms with Crippen LogP contribution in [0.1, 0.15) is 45.6 Å². The minimum Gasteiger partial charge on any atom is -0.487 e. The zero-order valence-corrected chi connectivity index (χ0v) is 21.7. The van der Waals surface area contributed by atoms with E-state index in [1.165, 1.54) is 6.07 Å². The molecule has 2 aliphatic rings. The molecule has 1 saturated heterocycles. The van der Waals surface area contributed by atoms with E-state index in [1.807, 2.05) is 43.2 Å². The molecule has 1 aliphatic carbocycles. The Labute approximate surface area is 220 Å². The van der Waals surface area contributed by atoms with E-state index < -0.39 is 5.79 Å². The van der Waals surface area contributed by atoms with Gasteiger partial charge < -0.3 is 18.8 Å². The number of pyridine rings is 1. The Kier molecular flexibility index (Phi) is 6.42. The maximum atomic E-state index is 14.0. The smallest absolute Gasteiger partial charge is 0.165 e. The molecule has 6 rings (SSSR count). The van der Waals surface area contributed by atoms with Gasteiger partial charge in [0.2, 0.25) is 0 Å². The number of rotatable bonds is 6. The lowest BCUT2D eigenvalue weighted by atomic mass is 9.92. The summed E-state index contributed by atoms with van der Waals surface area (Å²) >= 11 is 6.31. The Morgan fingerprint density at radius 3 is 2.70 bits per heavy atom. The number of fused-ring (bicyclic) bond motifs is 1. The minimum absolute atomic E-state index is 0.00435. The summed E-state index contributed by atoms with van der Waals surface area (Å²) in [7, 11) is 0. The van der Waals surface area contributed by atoms with Gasteiger partial charge in [0.1, 0.15) is 11.3 Å². The summed E-state index contributed by atoms with van der Waals surface area (Å²) in [5, 5.41) is 6.09. The number of hydrogen-bond acceptors (Lipinski definition) is 5. The standard InChI is InChI=1S/C28H30ClFN4O3/c1-28(2)35-17-21(37-28)15-33-14-18(12-32-33)23-16-34(25-11-27(29)31-13-22(23)25)19-7-9-20(10-8-19)36-26-6-4-3-5-24(26)30/h3-6,11-14,16,19-21H,7-10,15,17H2,1-2H3. The summed E-state index contributed by atoms with van der Waals surface area (Å²) in [6.07, 6.45) is 11.5. The highest BCUT2D eigenvalue weighted by Crippen LogP contribution is 2.38.